The second-order valence-electron chi connectivity index (χ2n) is 6.00. The van der Waals surface area contributed by atoms with Crippen molar-refractivity contribution in [2.24, 2.45) is 17.8 Å². The summed E-state index contributed by atoms with van der Waals surface area (Å²) in [5.41, 5.74) is 0. The molecule has 0 aromatic rings. The first-order valence-electron chi connectivity index (χ1n) is 7.65. The molecule has 1 N–H and O–H groups in total. The van der Waals surface area contributed by atoms with Crippen molar-refractivity contribution in [1.29, 1.82) is 0 Å². The molecule has 2 nitrogen and oxygen atoms in total. The first-order chi connectivity index (χ1) is 8.83. The van der Waals surface area contributed by atoms with Crippen LogP contribution >= 0.6 is 0 Å². The molecular formula is C15H26BO2. The van der Waals surface area contributed by atoms with Gasteiger partial charge in [0.05, 0.1) is 5.76 Å². The Morgan fingerprint density at radius 3 is 2.56 bits per heavy atom. The molecule has 0 bridgehead atoms. The summed E-state index contributed by atoms with van der Waals surface area (Å²) >= 11 is 0. The monoisotopic (exact) mass is 249 g/mol. The van der Waals surface area contributed by atoms with Crippen LogP contribution in [0.2, 0.25) is 0 Å². The van der Waals surface area contributed by atoms with Crippen molar-refractivity contribution < 1.29 is 9.68 Å². The molecule has 0 heterocycles. The molecule has 0 spiro atoms. The summed E-state index contributed by atoms with van der Waals surface area (Å²) in [6.07, 6.45) is 14.1. The Bertz CT molecular complexity index is 270. The minimum Gasteiger partial charge on any atom is -0.541 e. The summed E-state index contributed by atoms with van der Waals surface area (Å²) in [7, 11) is 0.808. The van der Waals surface area contributed by atoms with E-state index >= 15 is 0 Å². The average Bonchev–Trinajstić information content (AvgIpc) is 2.41. The molecule has 0 amide bonds. The number of allylic oxidation sites excluding steroid dienone is 2. The van der Waals surface area contributed by atoms with E-state index in [1.807, 2.05) is 0 Å². The second-order valence-corrected chi connectivity index (χ2v) is 6.00. The van der Waals surface area contributed by atoms with E-state index < -0.39 is 0 Å². The van der Waals surface area contributed by atoms with Gasteiger partial charge in [-0.1, -0.05) is 32.6 Å². The van der Waals surface area contributed by atoms with Crippen LogP contribution in [0.5, 0.6) is 0 Å². The standard InChI is InChI=1S/C15H26BO2/c1-2-3-12-4-6-13(7-5-12)14-8-10-15(11-9-14)18-16-17/h10,12-14,17H,2-9,11H2,1H3. The minimum absolute atomic E-state index is 0.808. The van der Waals surface area contributed by atoms with Crippen LogP contribution in [-0.2, 0) is 4.65 Å². The quantitative estimate of drug-likeness (QED) is 0.750. The van der Waals surface area contributed by atoms with Crippen molar-refractivity contribution in [3.8, 4) is 0 Å². The Hall–Kier alpha value is -0.435. The molecule has 0 aromatic carbocycles. The third kappa shape index (κ3) is 3.78. The summed E-state index contributed by atoms with van der Waals surface area (Å²) < 4.78 is 5.06. The Morgan fingerprint density at radius 2 is 2.00 bits per heavy atom. The van der Waals surface area contributed by atoms with E-state index in [0.717, 1.165) is 44.0 Å². The Kier molecular flexibility index (Phi) is 5.61. The van der Waals surface area contributed by atoms with Crippen LogP contribution in [-0.4, -0.2) is 12.7 Å². The zero-order valence-electron chi connectivity index (χ0n) is 11.6. The third-order valence-electron chi connectivity index (χ3n) is 4.87. The van der Waals surface area contributed by atoms with Crippen molar-refractivity contribution in [3.05, 3.63) is 11.8 Å². The largest absolute Gasteiger partial charge is 0.569 e. The molecule has 18 heavy (non-hydrogen) atoms. The van der Waals surface area contributed by atoms with Gasteiger partial charge < -0.3 is 9.68 Å². The van der Waals surface area contributed by atoms with E-state index in [4.69, 9.17) is 9.68 Å². The van der Waals surface area contributed by atoms with Gasteiger partial charge in [0.2, 0.25) is 0 Å². The van der Waals surface area contributed by atoms with Crippen LogP contribution < -0.4 is 0 Å². The fourth-order valence-corrected chi connectivity index (χ4v) is 3.79. The van der Waals surface area contributed by atoms with E-state index in [0.29, 0.717) is 0 Å². The second kappa shape index (κ2) is 7.23. The highest BCUT2D eigenvalue weighted by molar-refractivity contribution is 6.16. The van der Waals surface area contributed by atoms with Crippen LogP contribution in [0, 0.1) is 17.8 Å². The molecule has 1 radical (unpaired) electrons. The molecule has 1 saturated carbocycles. The van der Waals surface area contributed by atoms with Crippen molar-refractivity contribution in [1.82, 2.24) is 0 Å². The highest BCUT2D eigenvalue weighted by atomic mass is 16.5. The maximum Gasteiger partial charge on any atom is 0.569 e. The molecule has 1 fully saturated rings. The Balaban J connectivity index is 1.74. The van der Waals surface area contributed by atoms with E-state index in [2.05, 4.69) is 13.0 Å². The van der Waals surface area contributed by atoms with Gasteiger partial charge in [-0.05, 0) is 49.5 Å². The molecule has 3 heteroatoms. The van der Waals surface area contributed by atoms with E-state index in [9.17, 15) is 0 Å². The van der Waals surface area contributed by atoms with Gasteiger partial charge in [-0.15, -0.1) is 0 Å². The molecule has 1 unspecified atom stereocenters. The maximum atomic E-state index is 8.62. The highest BCUT2D eigenvalue weighted by Crippen LogP contribution is 2.40. The van der Waals surface area contributed by atoms with Gasteiger partial charge in [-0.3, -0.25) is 0 Å². The molecular weight excluding hydrogens is 223 g/mol. The summed E-state index contributed by atoms with van der Waals surface area (Å²) in [6.45, 7) is 2.30. The van der Waals surface area contributed by atoms with Crippen LogP contribution in [0.15, 0.2) is 11.8 Å². The van der Waals surface area contributed by atoms with Crippen molar-refractivity contribution in [3.63, 3.8) is 0 Å². The molecule has 101 valence electrons. The van der Waals surface area contributed by atoms with Crippen molar-refractivity contribution >= 4 is 7.69 Å². The van der Waals surface area contributed by atoms with Gasteiger partial charge in [0, 0.05) is 6.42 Å². The molecule has 0 saturated heterocycles. The van der Waals surface area contributed by atoms with Crippen molar-refractivity contribution in [2.45, 2.75) is 64.7 Å². The lowest BCUT2D eigenvalue weighted by atomic mass is 9.71. The fraction of sp³-hybridized carbons (Fsp3) is 0.867. The molecule has 1 atom stereocenters. The number of hydrogen-bond donors (Lipinski definition) is 1. The SMILES string of the molecule is CCCC1CCC(C2CC=C(O[B]O)CC2)CC1. The summed E-state index contributed by atoms with van der Waals surface area (Å²) in [4.78, 5) is 0. The first kappa shape index (κ1) is 14.0. The highest BCUT2D eigenvalue weighted by Gasteiger charge is 2.28. The fourth-order valence-electron chi connectivity index (χ4n) is 3.79. The first-order valence-corrected chi connectivity index (χ1v) is 7.65. The topological polar surface area (TPSA) is 29.5 Å². The summed E-state index contributed by atoms with van der Waals surface area (Å²) in [5, 5.41) is 8.62. The lowest BCUT2D eigenvalue weighted by Crippen LogP contribution is -2.23. The molecule has 2 rings (SSSR count). The number of hydrogen-bond acceptors (Lipinski definition) is 2. The van der Waals surface area contributed by atoms with Gasteiger partial charge >= 0.3 is 7.69 Å². The summed E-state index contributed by atoms with van der Waals surface area (Å²) in [5.74, 6) is 3.76. The average molecular weight is 249 g/mol. The zero-order chi connectivity index (χ0) is 12.8. The predicted molar refractivity (Wildman–Crippen MR) is 74.8 cm³/mol. The van der Waals surface area contributed by atoms with Gasteiger partial charge in [0.25, 0.3) is 0 Å². The van der Waals surface area contributed by atoms with Crippen LogP contribution in [0.3, 0.4) is 0 Å². The zero-order valence-corrected chi connectivity index (χ0v) is 11.6. The van der Waals surface area contributed by atoms with Crippen LogP contribution in [0.25, 0.3) is 0 Å². The molecule has 2 aliphatic rings. The Labute approximate surface area is 112 Å². The van der Waals surface area contributed by atoms with Crippen molar-refractivity contribution in [2.75, 3.05) is 0 Å². The van der Waals surface area contributed by atoms with E-state index in [1.165, 1.54) is 44.9 Å². The minimum atomic E-state index is 0.808. The van der Waals surface area contributed by atoms with Crippen LogP contribution in [0.1, 0.15) is 64.7 Å². The molecule has 0 aliphatic heterocycles. The Morgan fingerprint density at radius 1 is 1.22 bits per heavy atom. The predicted octanol–water partition coefficient (Wildman–Crippen LogP) is 3.82. The van der Waals surface area contributed by atoms with Gasteiger partial charge in [-0.25, -0.2) is 0 Å². The smallest absolute Gasteiger partial charge is 0.541 e. The van der Waals surface area contributed by atoms with Crippen LogP contribution in [0.4, 0.5) is 0 Å². The van der Waals surface area contributed by atoms with E-state index in [-0.39, 0.29) is 0 Å². The molecule has 2 aliphatic carbocycles. The summed E-state index contributed by atoms with van der Waals surface area (Å²) in [6, 6.07) is 0. The maximum absolute atomic E-state index is 8.62. The number of rotatable bonds is 5. The third-order valence-corrected chi connectivity index (χ3v) is 4.87. The van der Waals surface area contributed by atoms with Gasteiger partial charge in [-0.2, -0.15) is 0 Å². The van der Waals surface area contributed by atoms with E-state index in [1.54, 1.807) is 0 Å². The normalized spacial score (nSPS) is 32.8. The van der Waals surface area contributed by atoms with Gasteiger partial charge in [0.1, 0.15) is 0 Å². The molecule has 0 aromatic heterocycles. The lowest BCUT2D eigenvalue weighted by Gasteiger charge is -2.35. The lowest BCUT2D eigenvalue weighted by molar-refractivity contribution is 0.179. The van der Waals surface area contributed by atoms with Gasteiger partial charge in [0.15, 0.2) is 0 Å².